The van der Waals surface area contributed by atoms with Gasteiger partial charge in [-0.3, -0.25) is 4.98 Å². The highest BCUT2D eigenvalue weighted by molar-refractivity contribution is 7.88. The Kier molecular flexibility index (Phi) is 6.31. The molecule has 1 aliphatic rings. The van der Waals surface area contributed by atoms with Crippen molar-refractivity contribution in [2.75, 3.05) is 19.9 Å². The van der Waals surface area contributed by atoms with Crippen molar-refractivity contribution in [3.05, 3.63) is 54.4 Å². The summed E-state index contributed by atoms with van der Waals surface area (Å²) in [4.78, 5) is 18.3. The monoisotopic (exact) mass is 403 g/mol. The highest BCUT2D eigenvalue weighted by Crippen LogP contribution is 2.24. The van der Waals surface area contributed by atoms with Crippen LogP contribution in [0.15, 0.2) is 48.7 Å². The topological polar surface area (TPSA) is 88.6 Å². The molecule has 2 atom stereocenters. The fourth-order valence-corrected chi connectivity index (χ4v) is 4.50. The third-order valence-corrected chi connectivity index (χ3v) is 5.63. The van der Waals surface area contributed by atoms with Crippen molar-refractivity contribution in [2.45, 2.75) is 31.3 Å². The summed E-state index contributed by atoms with van der Waals surface area (Å²) in [5.41, 5.74) is 2.89. The molecule has 2 aromatic rings. The van der Waals surface area contributed by atoms with Gasteiger partial charge in [-0.15, -0.1) is 0 Å². The third kappa shape index (κ3) is 5.08. The predicted molar refractivity (Wildman–Crippen MR) is 107 cm³/mol. The Balaban J connectivity index is 1.89. The molecule has 28 heavy (non-hydrogen) atoms. The van der Waals surface area contributed by atoms with E-state index in [9.17, 15) is 13.2 Å². The van der Waals surface area contributed by atoms with Gasteiger partial charge < -0.3 is 9.64 Å². The normalized spacial score (nSPS) is 20.0. The molecule has 150 valence electrons. The molecule has 1 N–H and O–H groups in total. The minimum absolute atomic E-state index is 0.366. The SMILES string of the molecule is COC(=O)N1CCC[C@H](NS(C)(=O)=O)[C@@H]1Cc1cc(-c2ccccc2)ccn1. The van der Waals surface area contributed by atoms with Crippen molar-refractivity contribution < 1.29 is 17.9 Å². The van der Waals surface area contributed by atoms with Crippen LogP contribution in [-0.4, -0.2) is 56.4 Å². The minimum atomic E-state index is -3.41. The van der Waals surface area contributed by atoms with E-state index in [0.717, 1.165) is 23.1 Å². The van der Waals surface area contributed by atoms with Gasteiger partial charge in [-0.1, -0.05) is 30.3 Å². The van der Waals surface area contributed by atoms with Gasteiger partial charge in [0.05, 0.1) is 19.4 Å². The summed E-state index contributed by atoms with van der Waals surface area (Å²) in [6.45, 7) is 0.525. The number of rotatable bonds is 5. The van der Waals surface area contributed by atoms with Gasteiger partial charge in [-0.25, -0.2) is 17.9 Å². The van der Waals surface area contributed by atoms with Crippen LogP contribution in [0.25, 0.3) is 11.1 Å². The minimum Gasteiger partial charge on any atom is -0.453 e. The molecule has 1 aromatic carbocycles. The van der Waals surface area contributed by atoms with Crippen molar-refractivity contribution in [3.8, 4) is 11.1 Å². The molecule has 1 aromatic heterocycles. The Labute approximate surface area is 165 Å². The van der Waals surface area contributed by atoms with Crippen molar-refractivity contribution in [2.24, 2.45) is 0 Å². The van der Waals surface area contributed by atoms with E-state index in [2.05, 4.69) is 9.71 Å². The van der Waals surface area contributed by atoms with Gasteiger partial charge in [0.25, 0.3) is 0 Å². The second kappa shape index (κ2) is 8.70. The number of carbonyl (C=O) groups excluding carboxylic acids is 1. The van der Waals surface area contributed by atoms with Crippen LogP contribution in [0, 0.1) is 0 Å². The average Bonchev–Trinajstić information content (AvgIpc) is 2.68. The smallest absolute Gasteiger partial charge is 0.409 e. The number of methoxy groups -OCH3 is 1. The van der Waals surface area contributed by atoms with Crippen molar-refractivity contribution in [3.63, 3.8) is 0 Å². The lowest BCUT2D eigenvalue weighted by atomic mass is 9.92. The van der Waals surface area contributed by atoms with E-state index in [0.29, 0.717) is 25.8 Å². The fourth-order valence-electron chi connectivity index (χ4n) is 3.68. The Morgan fingerprint density at radius 1 is 1.25 bits per heavy atom. The van der Waals surface area contributed by atoms with Gasteiger partial charge in [0.2, 0.25) is 10.0 Å². The van der Waals surface area contributed by atoms with E-state index in [1.165, 1.54) is 7.11 Å². The zero-order valence-electron chi connectivity index (χ0n) is 16.0. The number of nitrogens with zero attached hydrogens (tertiary/aromatic N) is 2. The summed E-state index contributed by atoms with van der Waals surface area (Å²) < 4.78 is 31.2. The van der Waals surface area contributed by atoms with Crippen LogP contribution in [-0.2, 0) is 21.2 Å². The maximum atomic E-state index is 12.3. The van der Waals surface area contributed by atoms with E-state index in [4.69, 9.17) is 4.74 Å². The molecule has 0 radical (unpaired) electrons. The molecule has 1 aliphatic heterocycles. The van der Waals surface area contributed by atoms with E-state index >= 15 is 0 Å². The first-order chi connectivity index (χ1) is 13.4. The molecule has 3 rings (SSSR count). The van der Waals surface area contributed by atoms with E-state index in [1.807, 2.05) is 42.5 Å². The highest BCUT2D eigenvalue weighted by atomic mass is 32.2. The summed E-state index contributed by atoms with van der Waals surface area (Å²) >= 11 is 0. The number of nitrogens with one attached hydrogen (secondary N) is 1. The van der Waals surface area contributed by atoms with Gasteiger partial charge in [-0.2, -0.15) is 0 Å². The van der Waals surface area contributed by atoms with Crippen molar-refractivity contribution >= 4 is 16.1 Å². The molecule has 8 heteroatoms. The number of carbonyl (C=O) groups is 1. The highest BCUT2D eigenvalue weighted by Gasteiger charge is 2.36. The lowest BCUT2D eigenvalue weighted by molar-refractivity contribution is 0.0789. The van der Waals surface area contributed by atoms with Gasteiger partial charge in [0.1, 0.15) is 0 Å². The zero-order valence-corrected chi connectivity index (χ0v) is 16.9. The zero-order chi connectivity index (χ0) is 20.1. The van der Waals surface area contributed by atoms with Crippen LogP contribution < -0.4 is 4.72 Å². The molecule has 0 saturated carbocycles. The molecule has 7 nitrogen and oxygen atoms in total. The number of pyridine rings is 1. The Morgan fingerprint density at radius 3 is 2.68 bits per heavy atom. The average molecular weight is 404 g/mol. The van der Waals surface area contributed by atoms with Crippen molar-refractivity contribution in [1.29, 1.82) is 0 Å². The number of aromatic nitrogens is 1. The molecule has 2 heterocycles. The van der Waals surface area contributed by atoms with E-state index in [-0.39, 0.29) is 12.1 Å². The van der Waals surface area contributed by atoms with Gasteiger partial charge in [0, 0.05) is 30.9 Å². The molecular formula is C20H25N3O4S. The van der Waals surface area contributed by atoms with Gasteiger partial charge in [-0.05, 0) is 36.1 Å². The molecule has 0 spiro atoms. The second-order valence-electron chi connectivity index (χ2n) is 6.98. The molecule has 1 amide bonds. The molecule has 0 unspecified atom stereocenters. The van der Waals surface area contributed by atoms with E-state index < -0.39 is 16.1 Å². The van der Waals surface area contributed by atoms with Crippen LogP contribution in [0.1, 0.15) is 18.5 Å². The maximum Gasteiger partial charge on any atom is 0.409 e. The van der Waals surface area contributed by atoms with Crippen molar-refractivity contribution in [1.82, 2.24) is 14.6 Å². The number of piperidine rings is 1. The summed E-state index contributed by atoms with van der Waals surface area (Å²) in [6.07, 6.45) is 4.21. The first-order valence-corrected chi connectivity index (χ1v) is 11.1. The van der Waals surface area contributed by atoms with Gasteiger partial charge in [0.15, 0.2) is 0 Å². The fraction of sp³-hybridized carbons (Fsp3) is 0.400. The number of hydrogen-bond acceptors (Lipinski definition) is 5. The Bertz CT molecular complexity index is 918. The van der Waals surface area contributed by atoms with Crippen LogP contribution in [0.4, 0.5) is 4.79 Å². The largest absolute Gasteiger partial charge is 0.453 e. The maximum absolute atomic E-state index is 12.3. The van der Waals surface area contributed by atoms with Crippen LogP contribution in [0.2, 0.25) is 0 Å². The molecule has 0 aliphatic carbocycles. The number of ether oxygens (including phenoxy) is 1. The summed E-state index contributed by atoms with van der Waals surface area (Å²) in [5, 5.41) is 0. The quantitative estimate of drug-likeness (QED) is 0.828. The Morgan fingerprint density at radius 2 is 2.00 bits per heavy atom. The number of likely N-dealkylation sites (tertiary alicyclic amines) is 1. The van der Waals surface area contributed by atoms with Crippen LogP contribution in [0.5, 0.6) is 0 Å². The molecule has 1 saturated heterocycles. The summed E-state index contributed by atoms with van der Waals surface area (Å²) in [6, 6.07) is 13.1. The Hall–Kier alpha value is -2.45. The first kappa shape index (κ1) is 20.3. The third-order valence-electron chi connectivity index (χ3n) is 4.90. The molecule has 1 fully saturated rings. The number of hydrogen-bond donors (Lipinski definition) is 1. The van der Waals surface area contributed by atoms with Crippen LogP contribution >= 0.6 is 0 Å². The predicted octanol–water partition coefficient (Wildman–Crippen LogP) is 2.44. The first-order valence-electron chi connectivity index (χ1n) is 9.19. The lowest BCUT2D eigenvalue weighted by Crippen LogP contribution is -2.57. The lowest BCUT2D eigenvalue weighted by Gasteiger charge is -2.40. The standard InChI is InChI=1S/C20H25N3O4S/c1-27-20(24)23-12-6-9-18(22-28(2,25)26)19(23)14-17-13-16(10-11-21-17)15-7-4-3-5-8-15/h3-5,7-8,10-11,13,18-19,22H,6,9,12,14H2,1-2H3/t18-,19-/m0/s1. The second-order valence-corrected chi connectivity index (χ2v) is 8.76. The van der Waals surface area contributed by atoms with E-state index in [1.54, 1.807) is 11.1 Å². The summed E-state index contributed by atoms with van der Waals surface area (Å²) in [5.74, 6) is 0. The molecular weight excluding hydrogens is 378 g/mol. The molecule has 0 bridgehead atoms. The number of benzene rings is 1. The van der Waals surface area contributed by atoms with Crippen LogP contribution in [0.3, 0.4) is 0 Å². The number of sulfonamides is 1. The number of amides is 1. The summed E-state index contributed by atoms with van der Waals surface area (Å²) in [7, 11) is -2.07. The van der Waals surface area contributed by atoms with Gasteiger partial charge >= 0.3 is 6.09 Å².